The number of nitrogens with one attached hydrogen (secondary N) is 1. The molecular weight excluding hydrogens is 300 g/mol. The predicted molar refractivity (Wildman–Crippen MR) is 85.4 cm³/mol. The minimum Gasteiger partial charge on any atom is -0.350 e. The lowest BCUT2D eigenvalue weighted by Gasteiger charge is -2.33. The number of Topliss-reactive ketones (excluding diaryl/α,β-unsaturated/α-hetero) is 1. The maximum Gasteiger partial charge on any atom is 0.224 e. The number of allylic oxidation sites excluding steroid dienone is 2. The number of ketones is 1. The van der Waals surface area contributed by atoms with Crippen molar-refractivity contribution in [2.24, 2.45) is 17.8 Å². The van der Waals surface area contributed by atoms with Gasteiger partial charge in [0, 0.05) is 18.3 Å². The van der Waals surface area contributed by atoms with Gasteiger partial charge in [-0.1, -0.05) is 26.0 Å². The Balaban J connectivity index is 2.01. The highest BCUT2D eigenvalue weighted by atomic mass is 19.1. The van der Waals surface area contributed by atoms with Gasteiger partial charge in [0.05, 0.1) is 12.0 Å². The summed E-state index contributed by atoms with van der Waals surface area (Å²) in [4.78, 5) is 25.1. The molecule has 5 heteroatoms. The third-order valence-corrected chi connectivity index (χ3v) is 5.27. The third-order valence-electron chi connectivity index (χ3n) is 5.27. The van der Waals surface area contributed by atoms with Crippen LogP contribution < -0.4 is 5.32 Å². The molecule has 2 aliphatic rings. The quantitative estimate of drug-likeness (QED) is 0.785. The normalized spacial score (nSPS) is 35.6. The van der Waals surface area contributed by atoms with E-state index in [4.69, 9.17) is 0 Å². The van der Waals surface area contributed by atoms with Crippen LogP contribution in [0.2, 0.25) is 0 Å². The van der Waals surface area contributed by atoms with Crippen LogP contribution in [0.5, 0.6) is 0 Å². The van der Waals surface area contributed by atoms with Gasteiger partial charge in [0.25, 0.3) is 0 Å². The summed E-state index contributed by atoms with van der Waals surface area (Å²) in [5.41, 5.74) is 0. The highest BCUT2D eigenvalue weighted by Gasteiger charge is 2.38. The first kappa shape index (κ1) is 18.1. The molecule has 0 bridgehead atoms. The van der Waals surface area contributed by atoms with Crippen LogP contribution in [-0.2, 0) is 9.59 Å². The predicted octanol–water partition coefficient (Wildman–Crippen LogP) is 3.53. The molecule has 0 aromatic heterocycles. The molecule has 2 aliphatic carbocycles. The van der Waals surface area contributed by atoms with E-state index in [1.807, 2.05) is 26.0 Å². The highest BCUT2D eigenvalue weighted by molar-refractivity contribution is 5.90. The van der Waals surface area contributed by atoms with Crippen molar-refractivity contribution >= 4 is 11.7 Å². The van der Waals surface area contributed by atoms with E-state index in [0.29, 0.717) is 19.3 Å². The lowest BCUT2D eigenvalue weighted by Crippen LogP contribution is -2.49. The highest BCUT2D eigenvalue weighted by Crippen LogP contribution is 2.31. The number of carbonyl (C=O) groups excluding carboxylic acids is 2. The van der Waals surface area contributed by atoms with Crippen molar-refractivity contribution < 1.29 is 18.4 Å². The molecule has 0 spiro atoms. The van der Waals surface area contributed by atoms with Gasteiger partial charge in [-0.3, -0.25) is 9.59 Å². The largest absolute Gasteiger partial charge is 0.350 e. The maximum atomic E-state index is 13.9. The molecule has 2 rings (SSSR count). The van der Waals surface area contributed by atoms with Crippen LogP contribution in [0.1, 0.15) is 52.4 Å². The molecule has 130 valence electrons. The molecule has 23 heavy (non-hydrogen) atoms. The summed E-state index contributed by atoms with van der Waals surface area (Å²) in [6.07, 6.45) is 3.68. The third kappa shape index (κ3) is 4.39. The SMILES string of the molecule is CCC(C)C(=O)C1CC=CCC1C(=O)NC1CCC(F)CC1F. The fourth-order valence-electron chi connectivity index (χ4n) is 3.51. The molecule has 0 aromatic rings. The van der Waals surface area contributed by atoms with E-state index in [2.05, 4.69) is 5.32 Å². The zero-order valence-electron chi connectivity index (χ0n) is 13.9. The number of halogens is 2. The van der Waals surface area contributed by atoms with Crippen LogP contribution in [0, 0.1) is 17.8 Å². The van der Waals surface area contributed by atoms with Crippen molar-refractivity contribution in [3.8, 4) is 0 Å². The Morgan fingerprint density at radius 2 is 1.83 bits per heavy atom. The molecule has 0 aliphatic heterocycles. The first-order valence-electron chi connectivity index (χ1n) is 8.71. The summed E-state index contributed by atoms with van der Waals surface area (Å²) < 4.78 is 27.1. The first-order valence-corrected chi connectivity index (χ1v) is 8.71. The fourth-order valence-corrected chi connectivity index (χ4v) is 3.51. The number of hydrogen-bond acceptors (Lipinski definition) is 2. The molecule has 3 nitrogen and oxygen atoms in total. The fraction of sp³-hybridized carbons (Fsp3) is 0.778. The summed E-state index contributed by atoms with van der Waals surface area (Å²) in [6, 6.07) is -0.625. The van der Waals surface area contributed by atoms with Gasteiger partial charge in [-0.25, -0.2) is 8.78 Å². The van der Waals surface area contributed by atoms with E-state index < -0.39 is 24.3 Å². The van der Waals surface area contributed by atoms with Gasteiger partial charge in [0.2, 0.25) is 5.91 Å². The summed E-state index contributed by atoms with van der Waals surface area (Å²) in [6.45, 7) is 3.84. The minimum atomic E-state index is -1.34. The topological polar surface area (TPSA) is 46.2 Å². The van der Waals surface area contributed by atoms with Gasteiger partial charge in [-0.2, -0.15) is 0 Å². The summed E-state index contributed by atoms with van der Waals surface area (Å²) >= 11 is 0. The van der Waals surface area contributed by atoms with E-state index in [-0.39, 0.29) is 36.4 Å². The molecule has 6 unspecified atom stereocenters. The summed E-state index contributed by atoms with van der Waals surface area (Å²) in [7, 11) is 0. The van der Waals surface area contributed by atoms with E-state index in [1.165, 1.54) is 0 Å². The minimum absolute atomic E-state index is 0.0716. The molecule has 0 heterocycles. The lowest BCUT2D eigenvalue weighted by atomic mass is 9.76. The second kappa shape index (κ2) is 8.02. The summed E-state index contributed by atoms with van der Waals surface area (Å²) in [5, 5.41) is 2.73. The summed E-state index contributed by atoms with van der Waals surface area (Å²) in [5.74, 6) is -0.984. The molecule has 1 N–H and O–H groups in total. The van der Waals surface area contributed by atoms with Gasteiger partial charge in [0.15, 0.2) is 0 Å². The Morgan fingerprint density at radius 3 is 2.43 bits per heavy atom. The molecule has 6 atom stereocenters. The van der Waals surface area contributed by atoms with Crippen LogP contribution in [0.25, 0.3) is 0 Å². The van der Waals surface area contributed by atoms with Gasteiger partial charge in [0.1, 0.15) is 18.1 Å². The average molecular weight is 327 g/mol. The van der Waals surface area contributed by atoms with E-state index in [9.17, 15) is 18.4 Å². The Hall–Kier alpha value is -1.26. The molecule has 1 fully saturated rings. The molecule has 1 amide bonds. The van der Waals surface area contributed by atoms with Crippen LogP contribution in [0.15, 0.2) is 12.2 Å². The van der Waals surface area contributed by atoms with Crippen molar-refractivity contribution in [1.82, 2.24) is 5.32 Å². The maximum absolute atomic E-state index is 13.9. The second-order valence-electron chi connectivity index (χ2n) is 6.91. The zero-order valence-corrected chi connectivity index (χ0v) is 13.9. The number of hydrogen-bond donors (Lipinski definition) is 1. The van der Waals surface area contributed by atoms with Gasteiger partial charge < -0.3 is 5.32 Å². The lowest BCUT2D eigenvalue weighted by molar-refractivity contribution is -0.136. The van der Waals surface area contributed by atoms with Crippen molar-refractivity contribution in [1.29, 1.82) is 0 Å². The van der Waals surface area contributed by atoms with Gasteiger partial charge in [-0.15, -0.1) is 0 Å². The van der Waals surface area contributed by atoms with Crippen LogP contribution in [-0.4, -0.2) is 30.1 Å². The van der Waals surface area contributed by atoms with E-state index >= 15 is 0 Å². The monoisotopic (exact) mass is 327 g/mol. The van der Waals surface area contributed by atoms with Crippen molar-refractivity contribution in [2.45, 2.75) is 70.8 Å². The Kier molecular flexibility index (Phi) is 6.31. The van der Waals surface area contributed by atoms with Gasteiger partial charge >= 0.3 is 0 Å². The number of alkyl halides is 2. The second-order valence-corrected chi connectivity index (χ2v) is 6.91. The Labute approximate surface area is 136 Å². The van der Waals surface area contributed by atoms with Crippen molar-refractivity contribution in [3.63, 3.8) is 0 Å². The molecule has 0 aromatic carbocycles. The molecular formula is C18H27F2NO2. The molecule has 0 radical (unpaired) electrons. The van der Waals surface area contributed by atoms with Gasteiger partial charge in [-0.05, 0) is 32.1 Å². The smallest absolute Gasteiger partial charge is 0.224 e. The van der Waals surface area contributed by atoms with Crippen molar-refractivity contribution in [3.05, 3.63) is 12.2 Å². The average Bonchev–Trinajstić information content (AvgIpc) is 2.55. The van der Waals surface area contributed by atoms with E-state index in [1.54, 1.807) is 0 Å². The van der Waals surface area contributed by atoms with E-state index in [0.717, 1.165) is 6.42 Å². The number of rotatable bonds is 5. The van der Waals surface area contributed by atoms with Crippen LogP contribution in [0.3, 0.4) is 0 Å². The Bertz CT molecular complexity index is 466. The first-order chi connectivity index (χ1) is 10.9. The Morgan fingerprint density at radius 1 is 1.17 bits per heavy atom. The van der Waals surface area contributed by atoms with Crippen LogP contribution in [0.4, 0.5) is 8.78 Å². The number of carbonyl (C=O) groups is 2. The standard InChI is InChI=1S/C18H27F2NO2/c1-3-11(2)17(22)13-6-4-5-7-14(13)18(23)21-16-9-8-12(19)10-15(16)20/h4-5,11-16H,3,6-10H2,1-2H3,(H,21,23). The molecule has 0 saturated heterocycles. The van der Waals surface area contributed by atoms with Crippen molar-refractivity contribution in [2.75, 3.05) is 0 Å². The molecule has 1 saturated carbocycles. The number of amides is 1. The van der Waals surface area contributed by atoms with Crippen LogP contribution >= 0.6 is 0 Å². The zero-order chi connectivity index (χ0) is 17.0.